The maximum Gasteiger partial charge on any atom is 0.190 e. The summed E-state index contributed by atoms with van der Waals surface area (Å²) < 4.78 is 1.14. The van der Waals surface area contributed by atoms with Crippen LogP contribution in [0.5, 0.6) is 0 Å². The number of hydrogen-bond acceptors (Lipinski definition) is 3. The van der Waals surface area contributed by atoms with Gasteiger partial charge in [-0.05, 0) is 12.1 Å². The summed E-state index contributed by atoms with van der Waals surface area (Å²) in [5, 5.41) is 16.7. The first kappa shape index (κ1) is 13.0. The molecule has 0 aliphatic carbocycles. The van der Waals surface area contributed by atoms with E-state index >= 15 is 0 Å². The summed E-state index contributed by atoms with van der Waals surface area (Å²) in [7, 11) is 2.34. The number of nitrogens with one attached hydrogen (secondary N) is 1. The Morgan fingerprint density at radius 2 is 1.59 bits per heavy atom. The first-order chi connectivity index (χ1) is 8.23. The molecule has 0 unspecified atom stereocenters. The molecule has 0 amide bonds. The summed E-state index contributed by atoms with van der Waals surface area (Å²) in [6.07, 6.45) is 5.57. The molecular weight excluding hydrogens is 212 g/mol. The zero-order valence-corrected chi connectivity index (χ0v) is 10.1. The highest BCUT2D eigenvalue weighted by Gasteiger charge is 2.28. The molecule has 0 atom stereocenters. The molecule has 88 valence electrons. The predicted octanol–water partition coefficient (Wildman–Crippen LogP) is 1.96. The number of benzene rings is 1. The van der Waals surface area contributed by atoms with Crippen molar-refractivity contribution in [3.05, 3.63) is 30.3 Å². The Morgan fingerprint density at radius 1 is 1.06 bits per heavy atom. The van der Waals surface area contributed by atoms with E-state index in [0.717, 1.165) is 4.48 Å². The summed E-state index contributed by atoms with van der Waals surface area (Å²) in [6.45, 7) is 2.62. The van der Waals surface area contributed by atoms with Crippen molar-refractivity contribution in [3.8, 4) is 12.4 Å². The summed E-state index contributed by atoms with van der Waals surface area (Å²) in [6, 6.07) is 10.8. The van der Waals surface area contributed by atoms with Gasteiger partial charge >= 0.3 is 0 Å². The molecule has 2 rings (SSSR count). The monoisotopic (exact) mass is 229 g/mol. The molecule has 4 heteroatoms. The summed E-state index contributed by atoms with van der Waals surface area (Å²) in [5.41, 5.74) is 1.47. The molecule has 0 spiro atoms. The van der Waals surface area contributed by atoms with Crippen molar-refractivity contribution in [2.75, 3.05) is 20.1 Å². The third-order valence-electron chi connectivity index (χ3n) is 3.04. The molecule has 0 aromatic heterocycles. The fourth-order valence-electron chi connectivity index (χ4n) is 2.10. The van der Waals surface area contributed by atoms with Gasteiger partial charge in [-0.3, -0.25) is 4.48 Å². The Kier molecular flexibility index (Phi) is 5.00. The Labute approximate surface area is 102 Å². The molecule has 1 N–H and O–H groups in total. The molecule has 1 heterocycles. The number of likely N-dealkylation sites (tertiary alicyclic amines) is 1. The van der Waals surface area contributed by atoms with Crippen molar-refractivity contribution in [1.82, 2.24) is 9.80 Å². The average molecular weight is 229 g/mol. The van der Waals surface area contributed by atoms with E-state index in [0.29, 0.717) is 0 Å². The van der Waals surface area contributed by atoms with Crippen LogP contribution in [0.15, 0.2) is 30.3 Å². The molecule has 1 aliphatic rings. The van der Waals surface area contributed by atoms with Crippen LogP contribution >= 0.6 is 0 Å². The molecular formula is C13H17N4+. The minimum atomic E-state index is 1.14. The molecule has 0 bridgehead atoms. The van der Waals surface area contributed by atoms with Crippen molar-refractivity contribution in [3.63, 3.8) is 0 Å². The van der Waals surface area contributed by atoms with Crippen molar-refractivity contribution in [1.29, 1.82) is 10.5 Å². The number of para-hydroxylation sites is 1. The zero-order chi connectivity index (χ0) is 12.6. The van der Waals surface area contributed by atoms with E-state index in [9.17, 15) is 0 Å². The second kappa shape index (κ2) is 6.52. The molecule has 17 heavy (non-hydrogen) atoms. The third kappa shape index (κ3) is 3.79. The molecule has 0 saturated carbocycles. The minimum absolute atomic E-state index is 1.14. The summed E-state index contributed by atoms with van der Waals surface area (Å²) >= 11 is 0. The number of hydrogen-bond donors (Lipinski definition) is 1. The molecule has 1 aromatic rings. The molecule has 1 aliphatic heterocycles. The normalized spacial score (nSPS) is 15.9. The lowest BCUT2D eigenvalue weighted by Gasteiger charge is -2.28. The van der Waals surface area contributed by atoms with Gasteiger partial charge in [-0.2, -0.15) is 10.5 Å². The largest absolute Gasteiger partial charge is 0.294 e. The second-order valence-corrected chi connectivity index (χ2v) is 4.23. The van der Waals surface area contributed by atoms with E-state index in [1.165, 1.54) is 44.0 Å². The van der Waals surface area contributed by atoms with Crippen LogP contribution in [-0.2, 0) is 0 Å². The number of nitrogens with zero attached hydrogens (tertiary/aromatic N) is 3. The predicted molar refractivity (Wildman–Crippen MR) is 67.5 cm³/mol. The Hall–Kier alpha value is -2.04. The van der Waals surface area contributed by atoms with E-state index < -0.39 is 0 Å². The molecule has 0 radical (unpaired) electrons. The van der Waals surface area contributed by atoms with Crippen LogP contribution in [0, 0.1) is 22.9 Å². The highest BCUT2D eigenvalue weighted by Crippen LogP contribution is 2.26. The van der Waals surface area contributed by atoms with E-state index in [1.54, 1.807) is 5.32 Å². The molecule has 4 nitrogen and oxygen atoms in total. The SMILES string of the molecule is C[N+]1(c2ccccc2)CCCC1.N#CNC#N. The van der Waals surface area contributed by atoms with Gasteiger partial charge in [0.1, 0.15) is 5.69 Å². The minimum Gasteiger partial charge on any atom is -0.294 e. The van der Waals surface area contributed by atoms with Crippen molar-refractivity contribution in [2.45, 2.75) is 12.8 Å². The third-order valence-corrected chi connectivity index (χ3v) is 3.04. The van der Waals surface area contributed by atoms with E-state index in [-0.39, 0.29) is 0 Å². The fraction of sp³-hybridized carbons (Fsp3) is 0.385. The fourth-order valence-corrected chi connectivity index (χ4v) is 2.10. The van der Waals surface area contributed by atoms with Gasteiger partial charge in [0.2, 0.25) is 0 Å². The maximum atomic E-state index is 7.48. The van der Waals surface area contributed by atoms with Crippen molar-refractivity contribution < 1.29 is 0 Å². The van der Waals surface area contributed by atoms with E-state index in [2.05, 4.69) is 37.4 Å². The highest BCUT2D eigenvalue weighted by molar-refractivity contribution is 5.42. The first-order valence-electron chi connectivity index (χ1n) is 5.66. The van der Waals surface area contributed by atoms with Gasteiger partial charge in [-0.25, -0.2) is 5.32 Å². The molecule has 1 saturated heterocycles. The lowest BCUT2D eigenvalue weighted by molar-refractivity contribution is 0.406. The Bertz CT molecular complexity index is 395. The van der Waals surface area contributed by atoms with Crippen LogP contribution in [0.1, 0.15) is 12.8 Å². The quantitative estimate of drug-likeness (QED) is 0.455. The van der Waals surface area contributed by atoms with Gasteiger partial charge < -0.3 is 0 Å². The van der Waals surface area contributed by atoms with Crippen LogP contribution in [0.4, 0.5) is 5.69 Å². The van der Waals surface area contributed by atoms with Crippen LogP contribution in [0.25, 0.3) is 0 Å². The number of quaternary nitrogens is 1. The van der Waals surface area contributed by atoms with Crippen LogP contribution in [0.2, 0.25) is 0 Å². The number of rotatable bonds is 1. The van der Waals surface area contributed by atoms with Crippen molar-refractivity contribution in [2.24, 2.45) is 0 Å². The maximum absolute atomic E-state index is 7.48. The van der Waals surface area contributed by atoms with Gasteiger partial charge in [0.25, 0.3) is 0 Å². The van der Waals surface area contributed by atoms with Crippen LogP contribution in [0.3, 0.4) is 0 Å². The van der Waals surface area contributed by atoms with Gasteiger partial charge in [0.15, 0.2) is 12.4 Å². The first-order valence-corrected chi connectivity index (χ1v) is 5.66. The summed E-state index contributed by atoms with van der Waals surface area (Å²) in [5.74, 6) is 0. The van der Waals surface area contributed by atoms with Gasteiger partial charge in [0.05, 0.1) is 20.1 Å². The van der Waals surface area contributed by atoms with Crippen LogP contribution in [-0.4, -0.2) is 20.1 Å². The highest BCUT2D eigenvalue weighted by atomic mass is 15.3. The Morgan fingerprint density at radius 3 is 2.00 bits per heavy atom. The van der Waals surface area contributed by atoms with Gasteiger partial charge in [0, 0.05) is 12.8 Å². The zero-order valence-electron chi connectivity index (χ0n) is 10.1. The van der Waals surface area contributed by atoms with Crippen molar-refractivity contribution >= 4 is 5.69 Å². The average Bonchev–Trinajstić information content (AvgIpc) is 2.81. The lowest BCUT2D eigenvalue weighted by Crippen LogP contribution is -2.41. The number of nitriles is 2. The molecule has 1 aromatic carbocycles. The van der Waals surface area contributed by atoms with Gasteiger partial charge in [-0.1, -0.05) is 18.2 Å². The van der Waals surface area contributed by atoms with E-state index in [1.807, 2.05) is 0 Å². The molecule has 1 fully saturated rings. The summed E-state index contributed by atoms with van der Waals surface area (Å²) in [4.78, 5) is 0. The lowest BCUT2D eigenvalue weighted by atomic mass is 10.2. The van der Waals surface area contributed by atoms with Crippen LogP contribution < -0.4 is 9.80 Å². The standard InChI is InChI=1S/C11H16N.C2HN3/c1-12(9-5-6-10-12)11-7-3-2-4-8-11;3-1-5-2-4/h2-4,7-8H,5-6,9-10H2,1H3;5H/q+1;. The second-order valence-electron chi connectivity index (χ2n) is 4.23. The smallest absolute Gasteiger partial charge is 0.190 e. The van der Waals surface area contributed by atoms with Gasteiger partial charge in [-0.15, -0.1) is 0 Å². The topological polar surface area (TPSA) is 59.6 Å². The van der Waals surface area contributed by atoms with E-state index in [4.69, 9.17) is 10.5 Å². The Balaban J connectivity index is 0.000000249.